The van der Waals surface area contributed by atoms with Gasteiger partial charge in [0.05, 0.1) is 29.0 Å². The Bertz CT molecular complexity index is 1470. The van der Waals surface area contributed by atoms with Gasteiger partial charge in [-0.3, -0.25) is 14.2 Å². The minimum Gasteiger partial charge on any atom is -0.466 e. The number of carbonyl (C=O) groups excluding carboxylic acids is 2. The Kier molecular flexibility index (Phi) is 6.31. The van der Waals surface area contributed by atoms with Gasteiger partial charge in [0.2, 0.25) is 0 Å². The fraction of sp³-hybridized carbons (Fsp3) is 0.167. The first kappa shape index (κ1) is 22.7. The number of benzene rings is 2. The lowest BCUT2D eigenvalue weighted by atomic mass is 9.96. The van der Waals surface area contributed by atoms with Crippen LogP contribution in [0.2, 0.25) is 5.02 Å². The highest BCUT2D eigenvalue weighted by Crippen LogP contribution is 2.31. The molecule has 0 saturated heterocycles. The normalized spacial score (nSPS) is 15.6. The van der Waals surface area contributed by atoms with Gasteiger partial charge in [-0.05, 0) is 48.4 Å². The molecule has 0 spiro atoms. The second kappa shape index (κ2) is 9.17. The molecule has 0 unspecified atom stereocenters. The third-order valence-electron chi connectivity index (χ3n) is 5.03. The lowest BCUT2D eigenvalue weighted by Gasteiger charge is -2.24. The molecule has 7 nitrogen and oxygen atoms in total. The first-order valence-electron chi connectivity index (χ1n) is 9.93. The third-order valence-corrected chi connectivity index (χ3v) is 6.27. The Hall–Kier alpha value is -3.49. The molecule has 0 aliphatic carbocycles. The van der Waals surface area contributed by atoms with E-state index < -0.39 is 18.0 Å². The largest absolute Gasteiger partial charge is 0.466 e. The SMILES string of the molecule is COC(=O)C1=C(C)N=c2s/c(=C/c3cccc(OC(C)=O)c3)c(=O)n2[C@H]1c1ccc(Cl)cc1. The molecule has 3 aromatic rings. The predicted octanol–water partition coefficient (Wildman–Crippen LogP) is 2.99. The van der Waals surface area contributed by atoms with Crippen LogP contribution < -0.4 is 19.6 Å². The first-order valence-corrected chi connectivity index (χ1v) is 11.1. The second-order valence-electron chi connectivity index (χ2n) is 7.29. The van der Waals surface area contributed by atoms with Crippen molar-refractivity contribution >= 4 is 41.0 Å². The summed E-state index contributed by atoms with van der Waals surface area (Å²) in [7, 11) is 1.29. The summed E-state index contributed by atoms with van der Waals surface area (Å²) in [6, 6.07) is 13.1. The summed E-state index contributed by atoms with van der Waals surface area (Å²) in [5, 5.41) is 0.541. The van der Waals surface area contributed by atoms with Gasteiger partial charge in [0.25, 0.3) is 5.56 Å². The van der Waals surface area contributed by atoms with Crippen molar-refractivity contribution in [3.8, 4) is 5.75 Å². The third kappa shape index (κ3) is 4.53. The highest BCUT2D eigenvalue weighted by atomic mass is 35.5. The van der Waals surface area contributed by atoms with E-state index >= 15 is 0 Å². The van der Waals surface area contributed by atoms with Crippen LogP contribution in [-0.4, -0.2) is 23.6 Å². The summed E-state index contributed by atoms with van der Waals surface area (Å²) < 4.78 is 12.0. The molecule has 33 heavy (non-hydrogen) atoms. The van der Waals surface area contributed by atoms with Crippen LogP contribution in [0.1, 0.15) is 31.0 Å². The van der Waals surface area contributed by atoms with Gasteiger partial charge in [0, 0.05) is 11.9 Å². The number of hydrogen-bond donors (Lipinski definition) is 0. The highest BCUT2D eigenvalue weighted by Gasteiger charge is 2.33. The van der Waals surface area contributed by atoms with Gasteiger partial charge < -0.3 is 9.47 Å². The maximum atomic E-state index is 13.5. The van der Waals surface area contributed by atoms with Crippen molar-refractivity contribution in [1.29, 1.82) is 0 Å². The Balaban J connectivity index is 1.91. The number of rotatable bonds is 4. The molecule has 0 fully saturated rings. The van der Waals surface area contributed by atoms with Gasteiger partial charge in [0.15, 0.2) is 4.80 Å². The Labute approximate surface area is 197 Å². The number of halogens is 1. The van der Waals surface area contributed by atoms with E-state index in [4.69, 9.17) is 21.1 Å². The standard InChI is InChI=1S/C24H19ClN2O5S/c1-13-20(23(30)31-3)21(16-7-9-17(25)10-8-16)27-22(29)19(33-24(27)26-13)12-15-5-4-6-18(11-15)32-14(2)28/h4-12,21H,1-3H3/b19-12+/t21-/m0/s1. The molecule has 2 aromatic carbocycles. The fourth-order valence-electron chi connectivity index (χ4n) is 3.64. The summed E-state index contributed by atoms with van der Waals surface area (Å²) >= 11 is 7.26. The maximum absolute atomic E-state index is 13.5. The number of esters is 2. The van der Waals surface area contributed by atoms with Gasteiger partial charge in [-0.1, -0.05) is 47.2 Å². The predicted molar refractivity (Wildman–Crippen MR) is 125 cm³/mol. The molecule has 0 bridgehead atoms. The summed E-state index contributed by atoms with van der Waals surface area (Å²) in [5.74, 6) is -0.605. The maximum Gasteiger partial charge on any atom is 0.338 e. The summed E-state index contributed by atoms with van der Waals surface area (Å²) in [4.78, 5) is 42.4. The average Bonchev–Trinajstić information content (AvgIpc) is 3.07. The van der Waals surface area contributed by atoms with Crippen molar-refractivity contribution in [3.05, 3.63) is 95.6 Å². The molecule has 1 aliphatic rings. The number of methoxy groups -OCH3 is 1. The molecule has 1 aliphatic heterocycles. The van der Waals surface area contributed by atoms with E-state index in [-0.39, 0.29) is 11.1 Å². The average molecular weight is 483 g/mol. The Morgan fingerprint density at radius 1 is 1.18 bits per heavy atom. The van der Waals surface area contributed by atoms with Crippen LogP contribution in [0.5, 0.6) is 5.75 Å². The molecule has 1 aromatic heterocycles. The summed E-state index contributed by atoms with van der Waals surface area (Å²) in [5.41, 5.74) is 1.86. The molecule has 4 rings (SSSR count). The van der Waals surface area contributed by atoms with Crippen LogP contribution in [0, 0.1) is 0 Å². The molecule has 0 amide bonds. The zero-order valence-electron chi connectivity index (χ0n) is 18.0. The fourth-order valence-corrected chi connectivity index (χ4v) is 4.81. The van der Waals surface area contributed by atoms with Gasteiger partial charge in [0.1, 0.15) is 5.75 Å². The molecule has 1 atom stereocenters. The molecule has 0 radical (unpaired) electrons. The minimum atomic E-state index is -0.708. The van der Waals surface area contributed by atoms with E-state index in [9.17, 15) is 14.4 Å². The van der Waals surface area contributed by atoms with Crippen LogP contribution in [0.4, 0.5) is 0 Å². The van der Waals surface area contributed by atoms with Crippen molar-refractivity contribution in [2.24, 2.45) is 4.99 Å². The Morgan fingerprint density at radius 3 is 2.58 bits per heavy atom. The van der Waals surface area contributed by atoms with Crippen LogP contribution in [0.15, 0.2) is 69.6 Å². The number of nitrogens with zero attached hydrogens (tertiary/aromatic N) is 2. The number of ether oxygens (including phenoxy) is 2. The number of hydrogen-bond acceptors (Lipinski definition) is 7. The van der Waals surface area contributed by atoms with Crippen LogP contribution in [-0.2, 0) is 14.3 Å². The van der Waals surface area contributed by atoms with E-state index in [2.05, 4.69) is 4.99 Å². The minimum absolute atomic E-state index is 0.288. The molecule has 2 heterocycles. The van der Waals surface area contributed by atoms with Crippen molar-refractivity contribution in [3.63, 3.8) is 0 Å². The summed E-state index contributed by atoms with van der Waals surface area (Å²) in [6.45, 7) is 3.04. The van der Waals surface area contributed by atoms with Crippen molar-refractivity contribution < 1.29 is 19.1 Å². The van der Waals surface area contributed by atoms with E-state index in [0.29, 0.717) is 36.9 Å². The molecule has 9 heteroatoms. The lowest BCUT2D eigenvalue weighted by molar-refractivity contribution is -0.136. The van der Waals surface area contributed by atoms with Crippen molar-refractivity contribution in [2.45, 2.75) is 19.9 Å². The lowest BCUT2D eigenvalue weighted by Crippen LogP contribution is -2.39. The Morgan fingerprint density at radius 2 is 1.91 bits per heavy atom. The van der Waals surface area contributed by atoms with Crippen LogP contribution in [0.25, 0.3) is 6.08 Å². The first-order chi connectivity index (χ1) is 15.8. The number of thiazole rings is 1. The topological polar surface area (TPSA) is 87.0 Å². The quantitative estimate of drug-likeness (QED) is 0.421. The van der Waals surface area contributed by atoms with Gasteiger partial charge in [-0.2, -0.15) is 0 Å². The smallest absolute Gasteiger partial charge is 0.338 e. The monoisotopic (exact) mass is 482 g/mol. The number of allylic oxidation sites excluding steroid dienone is 1. The van der Waals surface area contributed by atoms with Crippen molar-refractivity contribution in [2.75, 3.05) is 7.11 Å². The van der Waals surface area contributed by atoms with Gasteiger partial charge in [-0.25, -0.2) is 9.79 Å². The van der Waals surface area contributed by atoms with E-state index in [0.717, 1.165) is 0 Å². The highest BCUT2D eigenvalue weighted by molar-refractivity contribution is 7.07. The number of fused-ring (bicyclic) bond motifs is 1. The zero-order valence-corrected chi connectivity index (χ0v) is 19.6. The van der Waals surface area contributed by atoms with Crippen LogP contribution in [0.3, 0.4) is 0 Å². The molecule has 168 valence electrons. The molecular weight excluding hydrogens is 464 g/mol. The molecule has 0 N–H and O–H groups in total. The van der Waals surface area contributed by atoms with Gasteiger partial charge in [-0.15, -0.1) is 0 Å². The van der Waals surface area contributed by atoms with Crippen LogP contribution >= 0.6 is 22.9 Å². The van der Waals surface area contributed by atoms with E-state index in [1.165, 1.54) is 29.9 Å². The van der Waals surface area contributed by atoms with E-state index in [1.807, 2.05) is 0 Å². The summed E-state index contributed by atoms with van der Waals surface area (Å²) in [6.07, 6.45) is 1.70. The second-order valence-corrected chi connectivity index (χ2v) is 8.74. The van der Waals surface area contributed by atoms with Gasteiger partial charge >= 0.3 is 11.9 Å². The number of aromatic nitrogens is 1. The molecular formula is C24H19ClN2O5S. The molecule has 0 saturated carbocycles. The zero-order chi connectivity index (χ0) is 23.7. The van der Waals surface area contributed by atoms with E-state index in [1.54, 1.807) is 61.5 Å². The van der Waals surface area contributed by atoms with Crippen molar-refractivity contribution in [1.82, 2.24) is 4.57 Å². The number of carbonyl (C=O) groups is 2.